The van der Waals surface area contributed by atoms with E-state index < -0.39 is 0 Å². The van der Waals surface area contributed by atoms with Gasteiger partial charge in [-0.15, -0.1) is 0 Å². The molecule has 3 aromatic rings. The molecule has 0 bridgehead atoms. The number of hydrogen-bond acceptors (Lipinski definition) is 5. The van der Waals surface area contributed by atoms with E-state index >= 15 is 0 Å². The fourth-order valence-corrected chi connectivity index (χ4v) is 4.07. The number of fused-ring (bicyclic) bond motifs is 1. The Kier molecular flexibility index (Phi) is 7.08. The normalized spacial score (nSPS) is 13.1. The topological polar surface area (TPSA) is 96.9 Å². The van der Waals surface area contributed by atoms with Crippen LogP contribution in [0.1, 0.15) is 27.0 Å². The number of hydrazine groups is 1. The van der Waals surface area contributed by atoms with Crippen LogP contribution in [0, 0.1) is 11.0 Å². The van der Waals surface area contributed by atoms with E-state index in [1.165, 1.54) is 34.9 Å². The molecule has 175 valence electrons. The van der Waals surface area contributed by atoms with Crippen LogP contribution in [-0.4, -0.2) is 43.0 Å². The lowest BCUT2D eigenvalue weighted by atomic mass is 9.98. The molecule has 8 nitrogen and oxygen atoms in total. The molecule has 0 aliphatic carbocycles. The van der Waals surface area contributed by atoms with Gasteiger partial charge in [0.05, 0.1) is 19.1 Å². The van der Waals surface area contributed by atoms with Crippen molar-refractivity contribution < 1.29 is 19.1 Å². The first kappa shape index (κ1) is 23.3. The summed E-state index contributed by atoms with van der Waals surface area (Å²) in [6, 6.07) is 19.2. The highest BCUT2D eigenvalue weighted by atomic mass is 16.5. The molecule has 0 saturated carbocycles. The Labute approximate surface area is 198 Å². The molecule has 1 aliphatic rings. The smallest absolute Gasteiger partial charge is 0.292 e. The molecule has 1 radical (unpaired) electrons. The monoisotopic (exact) mass is 460 g/mol. The number of carbonyl (C=O) groups is 1. The van der Waals surface area contributed by atoms with Gasteiger partial charge in [0.1, 0.15) is 0 Å². The van der Waals surface area contributed by atoms with Crippen LogP contribution in [0.25, 0.3) is 0 Å². The predicted octanol–water partition coefficient (Wildman–Crippen LogP) is 3.64. The summed E-state index contributed by atoms with van der Waals surface area (Å²) in [5.74, 6) is 6.38. The minimum absolute atomic E-state index is 0.230. The van der Waals surface area contributed by atoms with Gasteiger partial charge in [-0.05, 0) is 59.9 Å². The highest BCUT2D eigenvalue weighted by Gasteiger charge is 2.19. The van der Waals surface area contributed by atoms with E-state index in [2.05, 4.69) is 28.4 Å². The summed E-state index contributed by atoms with van der Waals surface area (Å²) in [5, 5.41) is 2.85. The van der Waals surface area contributed by atoms with Crippen molar-refractivity contribution in [3.8, 4) is 11.5 Å². The van der Waals surface area contributed by atoms with Crippen molar-refractivity contribution in [3.63, 3.8) is 0 Å². The maximum Gasteiger partial charge on any atom is 0.292 e. The number of methoxy groups -OCH3 is 2. The van der Waals surface area contributed by atoms with Gasteiger partial charge in [-0.2, -0.15) is 5.84 Å². The molecule has 0 atom stereocenters. The van der Waals surface area contributed by atoms with Crippen molar-refractivity contribution in [2.75, 3.05) is 32.6 Å². The maximum atomic E-state index is 12.4. The van der Waals surface area contributed by atoms with Crippen LogP contribution < -0.4 is 20.6 Å². The van der Waals surface area contributed by atoms with Crippen molar-refractivity contribution in [1.82, 2.24) is 4.90 Å². The first-order valence-corrected chi connectivity index (χ1v) is 11.1. The SMILES string of the molecule is COc1cc2c(cc1OC)CN(CCc1ccc(NC(=O)c3[c]cc([N+](N)=O)cc3)cc1)CC2. The zero-order valence-electron chi connectivity index (χ0n) is 19.3. The Balaban J connectivity index is 1.31. The van der Waals surface area contributed by atoms with E-state index in [1.54, 1.807) is 14.2 Å². The molecule has 3 aromatic carbocycles. The predicted molar refractivity (Wildman–Crippen MR) is 129 cm³/mol. The number of benzene rings is 3. The van der Waals surface area contributed by atoms with Crippen molar-refractivity contribution in [3.05, 3.63) is 87.8 Å². The lowest BCUT2D eigenvalue weighted by Gasteiger charge is -2.29. The van der Waals surface area contributed by atoms with Gasteiger partial charge in [-0.25, -0.2) is 0 Å². The van der Waals surface area contributed by atoms with Crippen LogP contribution in [0.3, 0.4) is 0 Å². The summed E-state index contributed by atoms with van der Waals surface area (Å²) >= 11 is 0. The molecule has 0 unspecified atom stereocenters. The number of amides is 1. The van der Waals surface area contributed by atoms with E-state index in [4.69, 9.17) is 15.3 Å². The van der Waals surface area contributed by atoms with E-state index in [1.807, 2.05) is 24.3 Å². The second kappa shape index (κ2) is 10.4. The fourth-order valence-electron chi connectivity index (χ4n) is 4.07. The summed E-state index contributed by atoms with van der Waals surface area (Å²) in [6.07, 6.45) is 1.90. The van der Waals surface area contributed by atoms with Crippen LogP contribution in [-0.2, 0) is 19.4 Å². The third kappa shape index (κ3) is 5.35. The number of hydrogen-bond donors (Lipinski definition) is 2. The summed E-state index contributed by atoms with van der Waals surface area (Å²) in [4.78, 5) is 26.1. The first-order chi connectivity index (χ1) is 16.5. The molecule has 1 amide bonds. The third-order valence-electron chi connectivity index (χ3n) is 6.02. The molecule has 1 aliphatic heterocycles. The second-order valence-electron chi connectivity index (χ2n) is 8.19. The molecule has 1 heterocycles. The zero-order chi connectivity index (χ0) is 24.1. The average molecular weight is 461 g/mol. The summed E-state index contributed by atoms with van der Waals surface area (Å²) in [7, 11) is 3.32. The molecule has 0 spiro atoms. The van der Waals surface area contributed by atoms with Gasteiger partial charge in [-0.1, -0.05) is 12.1 Å². The van der Waals surface area contributed by atoms with Crippen molar-refractivity contribution >= 4 is 17.3 Å². The summed E-state index contributed by atoms with van der Waals surface area (Å²) in [6.45, 7) is 2.83. The van der Waals surface area contributed by atoms with Crippen LogP contribution in [0.5, 0.6) is 11.5 Å². The van der Waals surface area contributed by atoms with Crippen molar-refractivity contribution in [2.45, 2.75) is 19.4 Å². The Morgan fingerprint density at radius 2 is 1.79 bits per heavy atom. The molecule has 0 saturated heterocycles. The molecular weight excluding hydrogens is 432 g/mol. The number of nitroso groups, excluding NO2 is 1. The first-order valence-electron chi connectivity index (χ1n) is 11.1. The number of nitrogens with two attached hydrogens (primary N) is 1. The van der Waals surface area contributed by atoms with Gasteiger partial charge >= 0.3 is 0 Å². The summed E-state index contributed by atoms with van der Waals surface area (Å²) in [5.41, 5.74) is 5.05. The molecule has 4 rings (SSSR count). The summed E-state index contributed by atoms with van der Waals surface area (Å²) < 4.78 is 10.9. The van der Waals surface area contributed by atoms with Crippen LogP contribution >= 0.6 is 0 Å². The van der Waals surface area contributed by atoms with Gasteiger partial charge < -0.3 is 14.8 Å². The molecular formula is C26H28N4O4+. The number of nitrogens with zero attached hydrogens (tertiary/aromatic N) is 2. The zero-order valence-corrected chi connectivity index (χ0v) is 19.3. The standard InChI is InChI=1S/C26H27N4O4/c1-33-24-15-20-12-14-29(17-21(20)16-25(24)34-2)13-11-18-3-7-22(8-4-18)28-26(31)19-5-9-23(10-6-19)30(27)32/h3-5,7-10,15-16H,11-14,17H2,1-2H3,(H2-,27,28,31,32)/p+1. The van der Waals surface area contributed by atoms with Gasteiger partial charge in [-0.3, -0.25) is 9.69 Å². The number of ether oxygens (including phenoxy) is 2. The van der Waals surface area contributed by atoms with Crippen LogP contribution in [0.2, 0.25) is 0 Å². The second-order valence-corrected chi connectivity index (χ2v) is 8.19. The molecule has 3 N–H and O–H groups in total. The van der Waals surface area contributed by atoms with Gasteiger partial charge in [0.2, 0.25) is 0 Å². The minimum atomic E-state index is -0.298. The van der Waals surface area contributed by atoms with Gasteiger partial charge in [0, 0.05) is 49.1 Å². The largest absolute Gasteiger partial charge is 0.493 e. The number of nitrogens with one attached hydrogen (secondary N) is 1. The highest BCUT2D eigenvalue weighted by Crippen LogP contribution is 2.33. The van der Waals surface area contributed by atoms with Crippen LogP contribution in [0.15, 0.2) is 54.6 Å². The average Bonchev–Trinajstić information content (AvgIpc) is 2.87. The Morgan fingerprint density at radius 1 is 1.09 bits per heavy atom. The van der Waals surface area contributed by atoms with Gasteiger partial charge in [0.25, 0.3) is 11.6 Å². The lowest BCUT2D eigenvalue weighted by Crippen LogP contribution is -2.32. The van der Waals surface area contributed by atoms with Crippen molar-refractivity contribution in [2.24, 2.45) is 5.84 Å². The lowest BCUT2D eigenvalue weighted by molar-refractivity contribution is -0.474. The number of carbonyl (C=O) groups excluding carboxylic acids is 1. The van der Waals surface area contributed by atoms with Crippen LogP contribution in [0.4, 0.5) is 11.4 Å². The third-order valence-corrected chi connectivity index (χ3v) is 6.02. The molecule has 0 fully saturated rings. The Morgan fingerprint density at radius 3 is 2.41 bits per heavy atom. The maximum absolute atomic E-state index is 12.4. The van der Waals surface area contributed by atoms with E-state index in [0.29, 0.717) is 11.3 Å². The minimum Gasteiger partial charge on any atom is -0.493 e. The van der Waals surface area contributed by atoms with E-state index in [0.717, 1.165) is 44.0 Å². The molecule has 0 aromatic heterocycles. The molecule has 34 heavy (non-hydrogen) atoms. The highest BCUT2D eigenvalue weighted by molar-refractivity contribution is 6.04. The molecule has 8 heteroatoms. The number of rotatable bonds is 8. The van der Waals surface area contributed by atoms with Crippen molar-refractivity contribution in [1.29, 1.82) is 0 Å². The fraction of sp³-hybridized carbons (Fsp3) is 0.269. The van der Waals surface area contributed by atoms with E-state index in [-0.39, 0.29) is 16.5 Å². The Bertz CT molecular complexity index is 1180. The Hall–Kier alpha value is -3.91. The van der Waals surface area contributed by atoms with E-state index in [9.17, 15) is 9.70 Å². The quantitative estimate of drug-likeness (QED) is 0.303. The number of anilines is 1. The van der Waals surface area contributed by atoms with Gasteiger partial charge in [0.15, 0.2) is 16.4 Å².